The number of phosphoric acid groups is 1. The number of esters is 2. The van der Waals surface area contributed by atoms with E-state index in [4.69, 9.17) is 19.3 Å². The third-order valence-corrected chi connectivity index (χ3v) is 8.36. The Bertz CT molecular complexity index is 1190. The van der Waals surface area contributed by atoms with Crippen molar-refractivity contribution in [2.24, 2.45) is 0 Å². The van der Waals surface area contributed by atoms with Crippen LogP contribution in [0, 0.1) is 0 Å². The lowest BCUT2D eigenvalue weighted by Crippen LogP contribution is -2.29. The molecule has 0 aromatic carbocycles. The number of rotatable bonds is 35. The first-order valence-corrected chi connectivity index (χ1v) is 21.4. The van der Waals surface area contributed by atoms with E-state index in [1.54, 1.807) is 12.2 Å². The Morgan fingerprint density at radius 2 is 1.06 bits per heavy atom. The average molecular weight is 761 g/mol. The predicted molar refractivity (Wildman–Crippen MR) is 216 cm³/mol. The first kappa shape index (κ1) is 49.9. The highest BCUT2D eigenvalue weighted by molar-refractivity contribution is 7.46. The zero-order valence-electron chi connectivity index (χ0n) is 32.6. The second-order valence-electron chi connectivity index (χ2n) is 12.9. The van der Waals surface area contributed by atoms with Crippen LogP contribution in [-0.2, 0) is 32.9 Å². The molecule has 0 aliphatic carbocycles. The van der Waals surface area contributed by atoms with Crippen LogP contribution in [0.2, 0.25) is 0 Å². The minimum absolute atomic E-state index is 0.0662. The van der Waals surface area contributed by atoms with Crippen LogP contribution in [0.25, 0.3) is 0 Å². The lowest BCUT2D eigenvalue weighted by atomic mass is 10.1. The monoisotopic (exact) mass is 760 g/mol. The lowest BCUT2D eigenvalue weighted by Gasteiger charge is -2.18. The summed E-state index contributed by atoms with van der Waals surface area (Å²) in [5, 5.41) is 0. The van der Waals surface area contributed by atoms with Gasteiger partial charge in [0.2, 0.25) is 0 Å². The number of hydrogen-bond acceptors (Lipinski definition) is 7. The molecular formula is C43H69O9P. The Morgan fingerprint density at radius 3 is 1.68 bits per heavy atom. The van der Waals surface area contributed by atoms with Crippen molar-refractivity contribution >= 4 is 25.5 Å². The van der Waals surface area contributed by atoms with Gasteiger partial charge in [-0.05, 0) is 76.7 Å². The molecular weight excluding hydrogens is 691 g/mol. The van der Waals surface area contributed by atoms with Gasteiger partial charge >= 0.3 is 19.8 Å². The number of carbonyl (C=O) groups excluding carboxylic acids is 3. The lowest BCUT2D eigenvalue weighted by molar-refractivity contribution is -0.161. The molecule has 0 fully saturated rings. The summed E-state index contributed by atoms with van der Waals surface area (Å²) in [5.41, 5.74) is 0. The molecule has 0 aromatic heterocycles. The van der Waals surface area contributed by atoms with Crippen molar-refractivity contribution in [1.82, 2.24) is 0 Å². The van der Waals surface area contributed by atoms with Crippen LogP contribution < -0.4 is 0 Å². The molecule has 0 saturated carbocycles. The highest BCUT2D eigenvalue weighted by atomic mass is 31.2. The Labute approximate surface area is 320 Å². The summed E-state index contributed by atoms with van der Waals surface area (Å²) >= 11 is 0. The highest BCUT2D eigenvalue weighted by Gasteiger charge is 2.22. The summed E-state index contributed by atoms with van der Waals surface area (Å²) < 4.78 is 26.2. The third-order valence-electron chi connectivity index (χ3n) is 7.88. The molecule has 0 spiro atoms. The Kier molecular flexibility index (Phi) is 35.0. The molecule has 0 aliphatic rings. The van der Waals surface area contributed by atoms with Gasteiger partial charge in [-0.2, -0.15) is 0 Å². The molecule has 0 aliphatic heterocycles. The molecule has 0 bridgehead atoms. The molecule has 300 valence electrons. The summed E-state index contributed by atoms with van der Waals surface area (Å²) in [6.07, 6.45) is 45.8. The first-order valence-electron chi connectivity index (χ1n) is 19.8. The van der Waals surface area contributed by atoms with E-state index in [9.17, 15) is 18.9 Å². The van der Waals surface area contributed by atoms with E-state index >= 15 is 0 Å². The number of ketones is 1. The minimum atomic E-state index is -4.80. The number of unbranched alkanes of at least 4 members (excludes halogenated alkanes) is 10. The maximum atomic E-state index is 12.4. The maximum absolute atomic E-state index is 12.4. The summed E-state index contributed by atoms with van der Waals surface area (Å²) in [4.78, 5) is 54.4. The van der Waals surface area contributed by atoms with E-state index in [0.717, 1.165) is 77.0 Å². The fourth-order valence-electron chi connectivity index (χ4n) is 4.86. The first-order chi connectivity index (χ1) is 25.7. The summed E-state index contributed by atoms with van der Waals surface area (Å²) in [6.45, 7) is 3.39. The third kappa shape index (κ3) is 39.9. The van der Waals surface area contributed by atoms with Gasteiger partial charge < -0.3 is 19.3 Å². The van der Waals surface area contributed by atoms with E-state index in [1.165, 1.54) is 25.7 Å². The van der Waals surface area contributed by atoms with Crippen molar-refractivity contribution in [2.75, 3.05) is 13.2 Å². The van der Waals surface area contributed by atoms with Gasteiger partial charge in [0.05, 0.1) is 6.61 Å². The topological polar surface area (TPSA) is 136 Å². The zero-order valence-corrected chi connectivity index (χ0v) is 33.5. The number of hydrogen-bond donors (Lipinski definition) is 2. The number of carbonyl (C=O) groups is 3. The second kappa shape index (κ2) is 37.2. The molecule has 0 radical (unpaired) electrons. The quantitative estimate of drug-likeness (QED) is 0.0161. The van der Waals surface area contributed by atoms with E-state index in [1.807, 2.05) is 18.2 Å². The highest BCUT2D eigenvalue weighted by Crippen LogP contribution is 2.35. The maximum Gasteiger partial charge on any atom is 0.469 e. The molecule has 0 amide bonds. The van der Waals surface area contributed by atoms with Crippen LogP contribution in [0.15, 0.2) is 85.1 Å². The Balaban J connectivity index is 4.17. The van der Waals surface area contributed by atoms with Gasteiger partial charge in [0.15, 0.2) is 11.9 Å². The molecule has 0 unspecified atom stereocenters. The van der Waals surface area contributed by atoms with Crippen LogP contribution >= 0.6 is 7.82 Å². The predicted octanol–water partition coefficient (Wildman–Crippen LogP) is 11.2. The van der Waals surface area contributed by atoms with Crippen LogP contribution in [0.4, 0.5) is 0 Å². The molecule has 53 heavy (non-hydrogen) atoms. The van der Waals surface area contributed by atoms with Gasteiger partial charge in [-0.1, -0.05) is 138 Å². The standard InChI is InChI=1S/C43H69O9P/c1-3-5-7-8-9-10-11-12-13-14-15-16-17-18-19-22-26-29-33-37-43(46)52-41(39-51-53(47,48)49)38-50-42(45)36-32-28-25-23-20-21-24-27-31-35-40(44)34-30-6-4-2/h9-10,12-13,15-16,18-19,24,26-27,29,31,35,41H,3-8,11,14,17,20-23,25,28,30,32-34,36-39H2,1-2H3,(H2,47,48,49)/b10-9-,13-12-,16-15-,19-18-,27-24-,29-26-,35-31+/t41-/m1/s1. The van der Waals surface area contributed by atoms with Crippen molar-refractivity contribution < 1.29 is 42.7 Å². The van der Waals surface area contributed by atoms with Crippen LogP contribution in [0.5, 0.6) is 0 Å². The molecule has 0 saturated heterocycles. The molecule has 0 heterocycles. The van der Waals surface area contributed by atoms with Gasteiger partial charge in [-0.3, -0.25) is 18.9 Å². The van der Waals surface area contributed by atoms with Gasteiger partial charge in [0.25, 0.3) is 0 Å². The van der Waals surface area contributed by atoms with Gasteiger partial charge in [-0.15, -0.1) is 0 Å². The van der Waals surface area contributed by atoms with E-state index < -0.39 is 32.5 Å². The molecule has 1 atom stereocenters. The van der Waals surface area contributed by atoms with Crippen molar-refractivity contribution in [3.63, 3.8) is 0 Å². The summed E-state index contributed by atoms with van der Waals surface area (Å²) in [5.74, 6) is -0.883. The smallest absolute Gasteiger partial charge is 0.462 e. The SMILES string of the molecule is CCCCC/C=C\C/C=C\C/C=C\C/C=C\C/C=C\CCC(=O)O[C@H](COC(=O)CCCCCCC/C=C\C=C\C(=O)CCCCC)COP(=O)(O)O. The summed E-state index contributed by atoms with van der Waals surface area (Å²) in [7, 11) is -4.80. The fraction of sp³-hybridized carbons (Fsp3) is 0.605. The van der Waals surface area contributed by atoms with Crippen molar-refractivity contribution in [3.8, 4) is 0 Å². The average Bonchev–Trinajstić information content (AvgIpc) is 3.12. The van der Waals surface area contributed by atoms with E-state index in [2.05, 4.69) is 73.1 Å². The minimum Gasteiger partial charge on any atom is -0.462 e. The zero-order chi connectivity index (χ0) is 39.1. The summed E-state index contributed by atoms with van der Waals surface area (Å²) in [6, 6.07) is 0. The Hall–Kier alpha value is -3.10. The fourth-order valence-corrected chi connectivity index (χ4v) is 5.22. The van der Waals surface area contributed by atoms with Crippen molar-refractivity contribution in [3.05, 3.63) is 85.1 Å². The molecule has 10 heteroatoms. The van der Waals surface area contributed by atoms with Gasteiger partial charge in [0.1, 0.15) is 6.61 Å². The second-order valence-corrected chi connectivity index (χ2v) is 14.2. The van der Waals surface area contributed by atoms with Crippen LogP contribution in [0.1, 0.15) is 149 Å². The molecule has 2 N–H and O–H groups in total. The molecule has 9 nitrogen and oxygen atoms in total. The van der Waals surface area contributed by atoms with Gasteiger partial charge in [0, 0.05) is 19.3 Å². The molecule has 0 rings (SSSR count). The van der Waals surface area contributed by atoms with Crippen LogP contribution in [0.3, 0.4) is 0 Å². The molecule has 0 aromatic rings. The van der Waals surface area contributed by atoms with E-state index in [0.29, 0.717) is 19.3 Å². The normalized spacial score (nSPS) is 13.3. The number of ether oxygens (including phenoxy) is 2. The van der Waals surface area contributed by atoms with Crippen LogP contribution in [-0.4, -0.2) is 46.8 Å². The number of allylic oxidation sites excluding steroid dienone is 14. The van der Waals surface area contributed by atoms with Crippen molar-refractivity contribution in [2.45, 2.75) is 155 Å². The van der Waals surface area contributed by atoms with Crippen molar-refractivity contribution in [1.29, 1.82) is 0 Å². The largest absolute Gasteiger partial charge is 0.469 e. The van der Waals surface area contributed by atoms with E-state index in [-0.39, 0.29) is 25.2 Å². The number of phosphoric ester groups is 1. The Morgan fingerprint density at radius 1 is 0.547 bits per heavy atom. The van der Waals surface area contributed by atoms with Gasteiger partial charge in [-0.25, -0.2) is 4.57 Å².